The maximum Gasteiger partial charge on any atom is 0.306 e. The first-order valence-corrected chi connectivity index (χ1v) is 5.96. The second-order valence-electron chi connectivity index (χ2n) is 3.36. The Labute approximate surface area is 111 Å². The summed E-state index contributed by atoms with van der Waals surface area (Å²) in [4.78, 5) is 18.3. The zero-order valence-corrected chi connectivity index (χ0v) is 11.6. The van der Waals surface area contributed by atoms with Crippen molar-refractivity contribution < 1.29 is 9.53 Å². The van der Waals surface area contributed by atoms with Crippen LogP contribution in [-0.4, -0.2) is 36.1 Å². The highest BCUT2D eigenvalue weighted by molar-refractivity contribution is 7.15. The molecule has 0 aliphatic heterocycles. The van der Waals surface area contributed by atoms with Crippen LogP contribution in [0.5, 0.6) is 0 Å². The minimum Gasteiger partial charge on any atom is -0.469 e. The van der Waals surface area contributed by atoms with E-state index in [4.69, 9.17) is 5.73 Å². The lowest BCUT2D eigenvalue weighted by atomic mass is 10.3. The maximum atomic E-state index is 11.0. The summed E-state index contributed by atoms with van der Waals surface area (Å²) in [5.41, 5.74) is 5.55. The molecule has 0 bridgehead atoms. The molecule has 0 aliphatic carbocycles. The number of carbonyl (C=O) groups is 1. The van der Waals surface area contributed by atoms with E-state index in [0.29, 0.717) is 18.1 Å². The van der Waals surface area contributed by atoms with Crippen LogP contribution in [0.25, 0.3) is 0 Å². The van der Waals surface area contributed by atoms with Crippen molar-refractivity contribution >= 4 is 34.8 Å². The van der Waals surface area contributed by atoms with Gasteiger partial charge in [-0.25, -0.2) is 4.98 Å². The van der Waals surface area contributed by atoms with E-state index >= 15 is 0 Å². The largest absolute Gasteiger partial charge is 0.469 e. The summed E-state index contributed by atoms with van der Waals surface area (Å²) in [6, 6.07) is 0. The fourth-order valence-electron chi connectivity index (χ4n) is 1.32. The van der Waals surface area contributed by atoms with Gasteiger partial charge in [0.25, 0.3) is 0 Å². The Kier molecular flexibility index (Phi) is 7.86. The monoisotopic (exact) mass is 279 g/mol. The molecule has 0 atom stereocenters. The van der Waals surface area contributed by atoms with E-state index in [0.717, 1.165) is 18.0 Å². The molecule has 17 heavy (non-hydrogen) atoms. The van der Waals surface area contributed by atoms with Crippen LogP contribution in [0.2, 0.25) is 0 Å². The number of nitrogen functional groups attached to an aromatic ring is 1. The number of methoxy groups -OCH3 is 1. The van der Waals surface area contributed by atoms with Crippen molar-refractivity contribution in [2.75, 3.05) is 25.9 Å². The molecule has 0 fully saturated rings. The average molecular weight is 280 g/mol. The zero-order valence-electron chi connectivity index (χ0n) is 10.0. The quantitative estimate of drug-likeness (QED) is 0.800. The van der Waals surface area contributed by atoms with Gasteiger partial charge in [-0.3, -0.25) is 9.69 Å². The standard InChI is InChI=1S/C10H17N3O2S.ClH/c1-3-13(5-4-9(14)15-2)7-8-6-12-10(11)16-8;/h6H,3-5,7H2,1-2H3,(H2,11,12);1H. The predicted molar refractivity (Wildman–Crippen MR) is 71.4 cm³/mol. The van der Waals surface area contributed by atoms with Crippen LogP contribution in [0.3, 0.4) is 0 Å². The highest BCUT2D eigenvalue weighted by Crippen LogP contribution is 2.16. The van der Waals surface area contributed by atoms with Crippen LogP contribution >= 0.6 is 23.7 Å². The van der Waals surface area contributed by atoms with E-state index in [-0.39, 0.29) is 18.4 Å². The fourth-order valence-corrected chi connectivity index (χ4v) is 2.04. The topological polar surface area (TPSA) is 68.5 Å². The molecule has 0 unspecified atom stereocenters. The summed E-state index contributed by atoms with van der Waals surface area (Å²) in [5.74, 6) is -0.178. The summed E-state index contributed by atoms with van der Waals surface area (Å²) >= 11 is 1.48. The second-order valence-corrected chi connectivity index (χ2v) is 4.51. The molecule has 5 nitrogen and oxygen atoms in total. The average Bonchev–Trinajstić information content (AvgIpc) is 2.69. The number of nitrogens with two attached hydrogens (primary N) is 1. The molecule has 1 heterocycles. The van der Waals surface area contributed by atoms with Gasteiger partial charge in [0.05, 0.1) is 13.5 Å². The maximum absolute atomic E-state index is 11.0. The van der Waals surface area contributed by atoms with Crippen molar-refractivity contribution in [1.29, 1.82) is 0 Å². The molecule has 1 aromatic rings. The first-order valence-electron chi connectivity index (χ1n) is 5.15. The zero-order chi connectivity index (χ0) is 12.0. The molecule has 0 radical (unpaired) electrons. The van der Waals surface area contributed by atoms with Crippen molar-refractivity contribution in [3.8, 4) is 0 Å². The minimum atomic E-state index is -0.178. The molecule has 98 valence electrons. The molecule has 2 N–H and O–H groups in total. The predicted octanol–water partition coefficient (Wildman–Crippen LogP) is 1.53. The fraction of sp³-hybridized carbons (Fsp3) is 0.600. The Morgan fingerprint density at radius 2 is 2.35 bits per heavy atom. The molecular weight excluding hydrogens is 262 g/mol. The number of hydrogen-bond donors (Lipinski definition) is 1. The molecule has 0 aromatic carbocycles. The van der Waals surface area contributed by atoms with E-state index < -0.39 is 0 Å². The van der Waals surface area contributed by atoms with Crippen molar-refractivity contribution in [2.45, 2.75) is 19.9 Å². The molecule has 0 saturated heterocycles. The lowest BCUT2D eigenvalue weighted by Gasteiger charge is -2.18. The van der Waals surface area contributed by atoms with Gasteiger partial charge in [0.15, 0.2) is 5.13 Å². The van der Waals surface area contributed by atoms with E-state index in [2.05, 4.69) is 21.5 Å². The number of thiazole rings is 1. The van der Waals surface area contributed by atoms with Crippen molar-refractivity contribution in [1.82, 2.24) is 9.88 Å². The number of carbonyl (C=O) groups excluding carboxylic acids is 1. The Balaban J connectivity index is 0.00000256. The number of halogens is 1. The molecule has 1 aromatic heterocycles. The van der Waals surface area contributed by atoms with Gasteiger partial charge in [-0.15, -0.1) is 23.7 Å². The number of rotatable bonds is 6. The van der Waals surface area contributed by atoms with Crippen molar-refractivity contribution in [3.63, 3.8) is 0 Å². The van der Waals surface area contributed by atoms with Crippen LogP contribution in [-0.2, 0) is 16.1 Å². The lowest BCUT2D eigenvalue weighted by Crippen LogP contribution is -2.25. The lowest BCUT2D eigenvalue weighted by molar-refractivity contribution is -0.141. The van der Waals surface area contributed by atoms with Crippen molar-refractivity contribution in [2.24, 2.45) is 0 Å². The van der Waals surface area contributed by atoms with Crippen LogP contribution in [0.1, 0.15) is 18.2 Å². The number of aromatic nitrogens is 1. The van der Waals surface area contributed by atoms with Gasteiger partial charge < -0.3 is 10.5 Å². The molecule has 0 amide bonds. The third-order valence-corrected chi connectivity index (χ3v) is 3.07. The first-order chi connectivity index (χ1) is 7.65. The number of esters is 1. The van der Waals surface area contributed by atoms with Gasteiger partial charge in [-0.05, 0) is 6.54 Å². The summed E-state index contributed by atoms with van der Waals surface area (Å²) in [7, 11) is 1.41. The van der Waals surface area contributed by atoms with Crippen LogP contribution in [0.4, 0.5) is 5.13 Å². The number of hydrogen-bond acceptors (Lipinski definition) is 6. The number of nitrogens with zero attached hydrogens (tertiary/aromatic N) is 2. The Morgan fingerprint density at radius 1 is 1.65 bits per heavy atom. The second kappa shape index (κ2) is 8.27. The van der Waals surface area contributed by atoms with Crippen LogP contribution in [0.15, 0.2) is 6.20 Å². The smallest absolute Gasteiger partial charge is 0.306 e. The summed E-state index contributed by atoms with van der Waals surface area (Å²) < 4.78 is 4.60. The highest BCUT2D eigenvalue weighted by Gasteiger charge is 2.09. The van der Waals surface area contributed by atoms with Gasteiger partial charge in [0, 0.05) is 24.2 Å². The first kappa shape index (κ1) is 16.1. The molecular formula is C10H18ClN3O2S. The Bertz CT molecular complexity index is 346. The SMILES string of the molecule is CCN(CCC(=O)OC)Cc1cnc(N)s1.Cl. The van der Waals surface area contributed by atoms with Gasteiger partial charge >= 0.3 is 5.97 Å². The van der Waals surface area contributed by atoms with Crippen molar-refractivity contribution in [3.05, 3.63) is 11.1 Å². The summed E-state index contributed by atoms with van der Waals surface area (Å²) in [6.07, 6.45) is 2.19. The van der Waals surface area contributed by atoms with Crippen LogP contribution < -0.4 is 5.73 Å². The van der Waals surface area contributed by atoms with Gasteiger partial charge in [0.2, 0.25) is 0 Å². The normalized spacial score (nSPS) is 10.1. The number of ether oxygens (including phenoxy) is 1. The molecule has 7 heteroatoms. The third-order valence-electron chi connectivity index (χ3n) is 2.26. The van der Waals surface area contributed by atoms with E-state index in [1.807, 2.05) is 0 Å². The molecule has 0 spiro atoms. The number of anilines is 1. The highest BCUT2D eigenvalue weighted by atomic mass is 35.5. The Morgan fingerprint density at radius 3 is 2.82 bits per heavy atom. The molecule has 1 rings (SSSR count). The van der Waals surface area contributed by atoms with E-state index in [1.54, 1.807) is 6.20 Å². The minimum absolute atomic E-state index is 0. The third kappa shape index (κ3) is 5.86. The van der Waals surface area contributed by atoms with Gasteiger partial charge in [-0.2, -0.15) is 0 Å². The molecule has 0 saturated carbocycles. The van der Waals surface area contributed by atoms with Crippen LogP contribution in [0, 0.1) is 0 Å². The Hall–Kier alpha value is -0.850. The molecule has 0 aliphatic rings. The van der Waals surface area contributed by atoms with E-state index in [9.17, 15) is 4.79 Å². The van der Waals surface area contributed by atoms with Gasteiger partial charge in [-0.1, -0.05) is 6.92 Å². The van der Waals surface area contributed by atoms with E-state index in [1.165, 1.54) is 18.4 Å². The van der Waals surface area contributed by atoms with Gasteiger partial charge in [0.1, 0.15) is 0 Å². The summed E-state index contributed by atoms with van der Waals surface area (Å²) in [5, 5.41) is 0.582. The summed E-state index contributed by atoms with van der Waals surface area (Å²) in [6.45, 7) is 4.42.